The zero-order chi connectivity index (χ0) is 23.6. The van der Waals surface area contributed by atoms with Crippen molar-refractivity contribution >= 4 is 27.3 Å². The number of amides is 1. The summed E-state index contributed by atoms with van der Waals surface area (Å²) >= 11 is 1.68. The molecule has 11 heteroatoms. The first kappa shape index (κ1) is 24.2. The molecule has 2 saturated heterocycles. The van der Waals surface area contributed by atoms with E-state index in [-0.39, 0.29) is 24.9 Å². The van der Waals surface area contributed by atoms with E-state index in [2.05, 4.69) is 22.2 Å². The van der Waals surface area contributed by atoms with Gasteiger partial charge in [0.05, 0.1) is 10.7 Å². The number of piperidine rings is 1. The summed E-state index contributed by atoms with van der Waals surface area (Å²) in [6, 6.07) is 2.41. The summed E-state index contributed by atoms with van der Waals surface area (Å²) in [5, 5.41) is 3.22. The Labute approximate surface area is 197 Å². The smallest absolute Gasteiger partial charge is 0.246 e. The Hall–Kier alpha value is -1.95. The highest BCUT2D eigenvalue weighted by Gasteiger charge is 2.35. The second-order valence-electron chi connectivity index (χ2n) is 8.44. The molecule has 2 aliphatic heterocycles. The number of rotatable bonds is 6. The Balaban J connectivity index is 1.28. The lowest BCUT2D eigenvalue weighted by Crippen LogP contribution is -2.51. The molecule has 7 nitrogen and oxygen atoms in total. The number of piperazine rings is 1. The summed E-state index contributed by atoms with van der Waals surface area (Å²) < 4.78 is 54.2. The zero-order valence-corrected chi connectivity index (χ0v) is 20.2. The van der Waals surface area contributed by atoms with Gasteiger partial charge in [0.25, 0.3) is 0 Å². The molecule has 2 aromatic rings. The quantitative estimate of drug-likeness (QED) is 0.612. The van der Waals surface area contributed by atoms with Crippen LogP contribution in [0.25, 0.3) is 0 Å². The molecular formula is C22H28F2N4O3S2. The first-order valence-corrected chi connectivity index (χ1v) is 13.5. The van der Waals surface area contributed by atoms with Crippen LogP contribution in [0.1, 0.15) is 30.5 Å². The molecule has 1 aromatic carbocycles. The Bertz CT molecular complexity index is 1090. The summed E-state index contributed by atoms with van der Waals surface area (Å²) in [5.41, 5.74) is 1.07. The summed E-state index contributed by atoms with van der Waals surface area (Å²) in [6.45, 7) is 5.91. The third kappa shape index (κ3) is 5.42. The van der Waals surface area contributed by atoms with Crippen molar-refractivity contribution in [3.8, 4) is 0 Å². The topological polar surface area (TPSA) is 73.8 Å². The number of aryl methyl sites for hydroxylation is 1. The van der Waals surface area contributed by atoms with Crippen LogP contribution in [0.2, 0.25) is 0 Å². The van der Waals surface area contributed by atoms with Crippen LogP contribution in [0.5, 0.6) is 0 Å². The Kier molecular flexibility index (Phi) is 7.42. The lowest BCUT2D eigenvalue weighted by Gasteiger charge is -2.38. The number of nitrogens with zero attached hydrogens (tertiary/aromatic N) is 4. The van der Waals surface area contributed by atoms with Crippen LogP contribution in [0.3, 0.4) is 0 Å². The highest BCUT2D eigenvalue weighted by atomic mass is 32.2. The molecule has 1 amide bonds. The molecule has 0 saturated carbocycles. The summed E-state index contributed by atoms with van der Waals surface area (Å²) in [6.07, 6.45) is 1.67. The van der Waals surface area contributed by atoms with Crippen molar-refractivity contribution in [2.45, 2.75) is 37.6 Å². The van der Waals surface area contributed by atoms with E-state index < -0.39 is 26.6 Å². The maximum Gasteiger partial charge on any atom is 0.246 e. The third-order valence-electron chi connectivity index (χ3n) is 6.29. The van der Waals surface area contributed by atoms with E-state index in [1.54, 1.807) is 11.3 Å². The van der Waals surface area contributed by atoms with Gasteiger partial charge in [0, 0.05) is 57.1 Å². The molecule has 3 heterocycles. The molecular weight excluding hydrogens is 470 g/mol. The Morgan fingerprint density at radius 3 is 2.45 bits per heavy atom. The Morgan fingerprint density at radius 1 is 1.12 bits per heavy atom. The van der Waals surface area contributed by atoms with Gasteiger partial charge in [-0.3, -0.25) is 9.69 Å². The molecule has 0 spiro atoms. The molecule has 2 aliphatic rings. The number of benzene rings is 1. The molecule has 1 aromatic heterocycles. The van der Waals surface area contributed by atoms with Gasteiger partial charge in [-0.25, -0.2) is 22.2 Å². The number of sulfonamides is 1. The minimum Gasteiger partial charge on any atom is -0.340 e. The number of thiazole rings is 1. The fourth-order valence-electron chi connectivity index (χ4n) is 4.35. The molecule has 180 valence electrons. The van der Waals surface area contributed by atoms with Crippen molar-refractivity contribution in [3.63, 3.8) is 0 Å². The fourth-order valence-corrected chi connectivity index (χ4v) is 6.64. The summed E-state index contributed by atoms with van der Waals surface area (Å²) in [5.74, 6) is -1.99. The van der Waals surface area contributed by atoms with Crippen LogP contribution in [0.4, 0.5) is 8.78 Å². The first-order chi connectivity index (χ1) is 15.8. The van der Waals surface area contributed by atoms with Gasteiger partial charge in [0.1, 0.15) is 16.5 Å². The predicted octanol–water partition coefficient (Wildman–Crippen LogP) is 2.73. The predicted molar refractivity (Wildman–Crippen MR) is 121 cm³/mol. The maximum atomic E-state index is 14.0. The molecule has 0 atom stereocenters. The average molecular weight is 499 g/mol. The molecule has 0 unspecified atom stereocenters. The number of carbonyl (C=O) groups is 1. The van der Waals surface area contributed by atoms with Crippen molar-refractivity contribution in [2.75, 3.05) is 39.3 Å². The van der Waals surface area contributed by atoms with Crippen LogP contribution in [-0.2, 0) is 27.8 Å². The molecule has 0 N–H and O–H groups in total. The van der Waals surface area contributed by atoms with Crippen LogP contribution in [-0.4, -0.2) is 72.7 Å². The van der Waals surface area contributed by atoms with Crippen LogP contribution in [0, 0.1) is 17.6 Å². The van der Waals surface area contributed by atoms with Crippen LogP contribution < -0.4 is 0 Å². The highest BCUT2D eigenvalue weighted by molar-refractivity contribution is 7.89. The van der Waals surface area contributed by atoms with Gasteiger partial charge < -0.3 is 4.90 Å². The van der Waals surface area contributed by atoms with Gasteiger partial charge in [-0.15, -0.1) is 11.3 Å². The minimum atomic E-state index is -4.14. The summed E-state index contributed by atoms with van der Waals surface area (Å²) in [4.78, 5) is 21.1. The van der Waals surface area contributed by atoms with E-state index in [0.717, 1.165) is 53.2 Å². The van der Waals surface area contributed by atoms with E-state index in [1.807, 2.05) is 4.90 Å². The summed E-state index contributed by atoms with van der Waals surface area (Å²) in [7, 11) is -4.14. The van der Waals surface area contributed by atoms with Gasteiger partial charge in [-0.2, -0.15) is 4.31 Å². The van der Waals surface area contributed by atoms with E-state index in [1.165, 1.54) is 0 Å². The second kappa shape index (κ2) is 10.1. The van der Waals surface area contributed by atoms with Crippen molar-refractivity contribution in [2.24, 2.45) is 5.92 Å². The minimum absolute atomic E-state index is 0.0468. The molecule has 2 fully saturated rings. The number of aromatic nitrogens is 1. The zero-order valence-electron chi connectivity index (χ0n) is 18.5. The number of hydrogen-bond acceptors (Lipinski definition) is 6. The second-order valence-corrected chi connectivity index (χ2v) is 11.3. The van der Waals surface area contributed by atoms with Crippen LogP contribution in [0.15, 0.2) is 28.5 Å². The standard InChI is InChI=1S/C22H28F2N4O3S2/c1-2-21-25-18(15-32-21)14-26-9-11-27(12-10-26)22(29)16-5-7-28(8-6-16)33(30,31)20-13-17(23)3-4-19(20)24/h3-4,13,15-16H,2,5-12,14H2,1H3. The monoisotopic (exact) mass is 498 g/mol. The highest BCUT2D eigenvalue weighted by Crippen LogP contribution is 2.27. The van der Waals surface area contributed by atoms with E-state index >= 15 is 0 Å². The molecule has 4 rings (SSSR count). The van der Waals surface area contributed by atoms with E-state index in [9.17, 15) is 22.0 Å². The first-order valence-electron chi connectivity index (χ1n) is 11.2. The van der Waals surface area contributed by atoms with Gasteiger partial charge >= 0.3 is 0 Å². The number of halogens is 2. The average Bonchev–Trinajstić information content (AvgIpc) is 3.28. The largest absolute Gasteiger partial charge is 0.340 e. The SMILES string of the molecule is CCc1nc(CN2CCN(C(=O)C3CCN(S(=O)(=O)c4cc(F)ccc4F)CC3)CC2)cs1. The normalized spacial score (nSPS) is 19.2. The van der Waals surface area contributed by atoms with Crippen LogP contribution >= 0.6 is 11.3 Å². The Morgan fingerprint density at radius 2 is 1.82 bits per heavy atom. The fraction of sp³-hybridized carbons (Fsp3) is 0.545. The molecule has 0 radical (unpaired) electrons. The van der Waals surface area contributed by atoms with Crippen molar-refractivity contribution < 1.29 is 22.0 Å². The lowest BCUT2D eigenvalue weighted by molar-refractivity contribution is -0.138. The van der Waals surface area contributed by atoms with E-state index in [0.29, 0.717) is 32.0 Å². The van der Waals surface area contributed by atoms with Gasteiger partial charge in [0.2, 0.25) is 15.9 Å². The number of hydrogen-bond donors (Lipinski definition) is 0. The van der Waals surface area contributed by atoms with Crippen molar-refractivity contribution in [3.05, 3.63) is 45.9 Å². The number of carbonyl (C=O) groups excluding carboxylic acids is 1. The van der Waals surface area contributed by atoms with Gasteiger partial charge in [-0.05, 0) is 37.5 Å². The molecule has 0 bridgehead atoms. The van der Waals surface area contributed by atoms with Crippen molar-refractivity contribution in [1.29, 1.82) is 0 Å². The molecule has 0 aliphatic carbocycles. The lowest BCUT2D eigenvalue weighted by atomic mass is 9.96. The van der Waals surface area contributed by atoms with Crippen molar-refractivity contribution in [1.82, 2.24) is 19.1 Å². The maximum absolute atomic E-state index is 14.0. The third-order valence-corrected chi connectivity index (χ3v) is 9.24. The van der Waals surface area contributed by atoms with Gasteiger partial charge in [0.15, 0.2) is 0 Å². The molecule has 33 heavy (non-hydrogen) atoms. The van der Waals surface area contributed by atoms with Gasteiger partial charge in [-0.1, -0.05) is 6.92 Å². The van der Waals surface area contributed by atoms with E-state index in [4.69, 9.17) is 0 Å².